The average Bonchev–Trinajstić information content (AvgIpc) is 2.33. The molecule has 0 atom stereocenters. The van der Waals surface area contributed by atoms with Crippen molar-refractivity contribution in [2.45, 2.75) is 13.3 Å². The molecule has 2 aromatic rings. The fourth-order valence-electron chi connectivity index (χ4n) is 2.09. The summed E-state index contributed by atoms with van der Waals surface area (Å²) >= 11 is 0. The summed E-state index contributed by atoms with van der Waals surface area (Å²) in [5.74, 6) is 0.976. The fourth-order valence-corrected chi connectivity index (χ4v) is 2.09. The van der Waals surface area contributed by atoms with Gasteiger partial charge in [-0.2, -0.15) is 0 Å². The molecule has 0 fully saturated rings. The molecule has 0 radical (unpaired) electrons. The Balaban J connectivity index is 2.46. The second kappa shape index (κ2) is 3.23. The number of hydrogen-bond donors (Lipinski definition) is 1. The fraction of sp³-hybridized carbons (Fsp3) is 0.154. The van der Waals surface area contributed by atoms with E-state index in [1.165, 1.54) is 0 Å². The first-order chi connectivity index (χ1) is 7.81. The van der Waals surface area contributed by atoms with Crippen molar-refractivity contribution >= 4 is 16.5 Å². The smallest absolute Gasteiger partial charge is 0.166 e. The molecule has 0 amide bonds. The third-order valence-electron chi connectivity index (χ3n) is 2.86. The topological polar surface area (TPSA) is 41.8 Å². The minimum Gasteiger partial charge on any atom is -0.507 e. The third kappa shape index (κ3) is 1.11. The maximum Gasteiger partial charge on any atom is 0.166 e. The van der Waals surface area contributed by atoms with Gasteiger partial charge in [0.05, 0.1) is 11.3 Å². The summed E-state index contributed by atoms with van der Waals surface area (Å²) < 4.78 is 0. The summed E-state index contributed by atoms with van der Waals surface area (Å²) in [5, 5.41) is 16.0. The summed E-state index contributed by atoms with van der Waals surface area (Å²) in [6.45, 7) is 1.99. The zero-order chi connectivity index (χ0) is 11.1. The van der Waals surface area contributed by atoms with E-state index in [4.69, 9.17) is 4.84 Å². The standard InChI is InChI=1S/C13H11NO2/c1-2-9-13-10(15)7-6-8-4-3-5-11(12(8)13)16-14-9/h3-7,15H,2H2,1H3. The van der Waals surface area contributed by atoms with Crippen molar-refractivity contribution in [2.24, 2.45) is 5.16 Å². The molecule has 80 valence electrons. The van der Waals surface area contributed by atoms with E-state index in [9.17, 15) is 5.11 Å². The van der Waals surface area contributed by atoms with Gasteiger partial charge in [0.1, 0.15) is 5.75 Å². The number of hydrogen-bond acceptors (Lipinski definition) is 3. The average molecular weight is 213 g/mol. The van der Waals surface area contributed by atoms with Crippen molar-refractivity contribution in [3.8, 4) is 11.5 Å². The molecule has 3 nitrogen and oxygen atoms in total. The Bertz CT molecular complexity index is 602. The summed E-state index contributed by atoms with van der Waals surface area (Å²) in [5.41, 5.74) is 1.60. The molecule has 1 heterocycles. The van der Waals surface area contributed by atoms with Gasteiger partial charge in [-0.25, -0.2) is 0 Å². The van der Waals surface area contributed by atoms with Crippen molar-refractivity contribution in [2.75, 3.05) is 0 Å². The number of phenols is 1. The number of aromatic hydroxyl groups is 1. The van der Waals surface area contributed by atoms with Gasteiger partial charge in [-0.15, -0.1) is 0 Å². The van der Waals surface area contributed by atoms with E-state index >= 15 is 0 Å². The molecule has 3 heteroatoms. The van der Waals surface area contributed by atoms with E-state index < -0.39 is 0 Å². The lowest BCUT2D eigenvalue weighted by Crippen LogP contribution is -2.08. The van der Waals surface area contributed by atoms with Crippen LogP contribution >= 0.6 is 0 Å². The first-order valence-electron chi connectivity index (χ1n) is 5.30. The van der Waals surface area contributed by atoms with Gasteiger partial charge in [0.2, 0.25) is 0 Å². The highest BCUT2D eigenvalue weighted by molar-refractivity contribution is 6.15. The van der Waals surface area contributed by atoms with Crippen molar-refractivity contribution in [3.63, 3.8) is 0 Å². The monoisotopic (exact) mass is 213 g/mol. The van der Waals surface area contributed by atoms with Gasteiger partial charge in [0.15, 0.2) is 5.75 Å². The molecule has 1 N–H and O–H groups in total. The number of oxime groups is 1. The zero-order valence-electron chi connectivity index (χ0n) is 8.90. The van der Waals surface area contributed by atoms with Crippen LogP contribution in [0.2, 0.25) is 0 Å². The molecule has 1 aliphatic heterocycles. The van der Waals surface area contributed by atoms with Gasteiger partial charge >= 0.3 is 0 Å². The molecule has 3 rings (SSSR count). The predicted molar refractivity (Wildman–Crippen MR) is 63.1 cm³/mol. The second-order valence-corrected chi connectivity index (χ2v) is 3.80. The zero-order valence-corrected chi connectivity index (χ0v) is 8.90. The maximum absolute atomic E-state index is 9.93. The van der Waals surface area contributed by atoms with Gasteiger partial charge in [0, 0.05) is 5.39 Å². The number of nitrogens with zero attached hydrogens (tertiary/aromatic N) is 1. The minimum atomic E-state index is 0.267. The Morgan fingerprint density at radius 1 is 1.25 bits per heavy atom. The van der Waals surface area contributed by atoms with Crippen LogP contribution in [0.4, 0.5) is 0 Å². The molecule has 0 unspecified atom stereocenters. The largest absolute Gasteiger partial charge is 0.507 e. The van der Waals surface area contributed by atoms with Crippen LogP contribution in [0.1, 0.15) is 18.9 Å². The normalized spacial score (nSPS) is 13.4. The first-order valence-corrected chi connectivity index (χ1v) is 5.30. The van der Waals surface area contributed by atoms with Crippen LogP contribution in [0.25, 0.3) is 10.8 Å². The van der Waals surface area contributed by atoms with E-state index in [1.807, 2.05) is 31.2 Å². The predicted octanol–water partition coefficient (Wildman–Crippen LogP) is 3.05. The quantitative estimate of drug-likeness (QED) is 0.791. The Hall–Kier alpha value is -2.03. The van der Waals surface area contributed by atoms with Gasteiger partial charge < -0.3 is 9.94 Å². The van der Waals surface area contributed by atoms with Crippen LogP contribution < -0.4 is 4.84 Å². The lowest BCUT2D eigenvalue weighted by atomic mass is 9.97. The van der Waals surface area contributed by atoms with E-state index in [2.05, 4.69) is 5.16 Å². The lowest BCUT2D eigenvalue weighted by Gasteiger charge is -2.17. The van der Waals surface area contributed by atoms with Gasteiger partial charge in [0.25, 0.3) is 0 Å². The summed E-state index contributed by atoms with van der Waals surface area (Å²) in [4.78, 5) is 5.33. The molecule has 0 spiro atoms. The highest BCUT2D eigenvalue weighted by atomic mass is 16.6. The summed E-state index contributed by atoms with van der Waals surface area (Å²) in [6.07, 6.45) is 0.737. The van der Waals surface area contributed by atoms with E-state index in [0.717, 1.165) is 28.5 Å². The van der Waals surface area contributed by atoms with Crippen molar-refractivity contribution in [1.29, 1.82) is 0 Å². The molecule has 0 aliphatic carbocycles. The van der Waals surface area contributed by atoms with Gasteiger partial charge in [-0.05, 0) is 23.9 Å². The van der Waals surface area contributed by atoms with Crippen LogP contribution in [-0.4, -0.2) is 10.8 Å². The summed E-state index contributed by atoms with van der Waals surface area (Å²) in [7, 11) is 0. The van der Waals surface area contributed by atoms with E-state index in [1.54, 1.807) is 6.07 Å². The molecule has 0 saturated heterocycles. The molecule has 0 aromatic heterocycles. The van der Waals surface area contributed by atoms with Crippen molar-refractivity contribution in [3.05, 3.63) is 35.9 Å². The van der Waals surface area contributed by atoms with Crippen LogP contribution in [0.3, 0.4) is 0 Å². The van der Waals surface area contributed by atoms with Gasteiger partial charge in [-0.3, -0.25) is 0 Å². The van der Waals surface area contributed by atoms with E-state index in [0.29, 0.717) is 5.75 Å². The first kappa shape index (κ1) is 9.21. The molecule has 0 saturated carbocycles. The van der Waals surface area contributed by atoms with Crippen LogP contribution in [-0.2, 0) is 0 Å². The van der Waals surface area contributed by atoms with Crippen LogP contribution in [0.15, 0.2) is 35.5 Å². The number of phenolic OH excluding ortho intramolecular Hbond substituents is 1. The molecular formula is C13H11NO2. The molecule has 0 bridgehead atoms. The highest BCUT2D eigenvalue weighted by Gasteiger charge is 2.20. The Morgan fingerprint density at radius 3 is 2.94 bits per heavy atom. The molecule has 1 aliphatic rings. The second-order valence-electron chi connectivity index (χ2n) is 3.80. The van der Waals surface area contributed by atoms with Crippen molar-refractivity contribution in [1.82, 2.24) is 0 Å². The Labute approximate surface area is 93.0 Å². The summed E-state index contributed by atoms with van der Waals surface area (Å²) in [6, 6.07) is 9.38. The van der Waals surface area contributed by atoms with Crippen LogP contribution in [0, 0.1) is 0 Å². The lowest BCUT2D eigenvalue weighted by molar-refractivity contribution is 0.341. The SMILES string of the molecule is CCC1=NOc2cccc3ccc(O)c1c23. The Kier molecular flexibility index (Phi) is 1.86. The molecular weight excluding hydrogens is 202 g/mol. The van der Waals surface area contributed by atoms with Crippen molar-refractivity contribution < 1.29 is 9.94 Å². The van der Waals surface area contributed by atoms with Crippen LogP contribution in [0.5, 0.6) is 11.5 Å². The maximum atomic E-state index is 9.93. The Morgan fingerprint density at radius 2 is 2.12 bits per heavy atom. The van der Waals surface area contributed by atoms with Gasteiger partial charge in [-0.1, -0.05) is 30.3 Å². The third-order valence-corrected chi connectivity index (χ3v) is 2.86. The minimum absolute atomic E-state index is 0.267. The molecule has 2 aromatic carbocycles. The highest BCUT2D eigenvalue weighted by Crippen LogP contribution is 2.37. The number of rotatable bonds is 1. The number of benzene rings is 2. The molecule has 16 heavy (non-hydrogen) atoms. The van der Waals surface area contributed by atoms with E-state index in [-0.39, 0.29) is 5.75 Å².